The first-order valence-corrected chi connectivity index (χ1v) is 5.32. The Labute approximate surface area is 92.1 Å². The first-order chi connectivity index (χ1) is 7.46. The van der Waals surface area contributed by atoms with Gasteiger partial charge in [0.15, 0.2) is 5.78 Å². The molecule has 16 heavy (non-hydrogen) atoms. The number of aromatic nitrogens is 2. The Hall–Kier alpha value is -1.65. The number of ketones is 1. The maximum Gasteiger partial charge on any atom is 0.328 e. The van der Waals surface area contributed by atoms with Crippen molar-refractivity contribution in [3.63, 3.8) is 0 Å². The summed E-state index contributed by atoms with van der Waals surface area (Å²) in [7, 11) is 0. The molecule has 86 valence electrons. The fraction of sp³-hybridized carbons (Fsp3) is 0.545. The molecule has 0 unspecified atom stereocenters. The number of carbonyl (C=O) groups is 1. The van der Waals surface area contributed by atoms with E-state index < -0.39 is 16.8 Å². The number of carbonyl (C=O) groups excluding carboxylic acids is 1. The van der Waals surface area contributed by atoms with E-state index in [0.717, 1.165) is 19.3 Å². The molecule has 0 aromatic carbocycles. The van der Waals surface area contributed by atoms with Crippen molar-refractivity contribution in [2.45, 2.75) is 38.6 Å². The van der Waals surface area contributed by atoms with Crippen LogP contribution < -0.4 is 11.2 Å². The van der Waals surface area contributed by atoms with E-state index in [1.807, 2.05) is 6.92 Å². The number of rotatable bonds is 2. The predicted molar refractivity (Wildman–Crippen MR) is 58.8 cm³/mol. The molecule has 1 fully saturated rings. The highest BCUT2D eigenvalue weighted by Gasteiger charge is 2.36. The summed E-state index contributed by atoms with van der Waals surface area (Å²) < 4.78 is 1.19. The van der Waals surface area contributed by atoms with Crippen LogP contribution in [0.4, 0.5) is 0 Å². The van der Waals surface area contributed by atoms with Crippen molar-refractivity contribution in [3.8, 4) is 0 Å². The smallest absolute Gasteiger partial charge is 0.313 e. The van der Waals surface area contributed by atoms with Gasteiger partial charge in [0.25, 0.3) is 5.56 Å². The number of nitrogens with zero attached hydrogens (tertiary/aromatic N) is 1. The van der Waals surface area contributed by atoms with Gasteiger partial charge in [-0.25, -0.2) is 4.79 Å². The lowest BCUT2D eigenvalue weighted by atomic mass is 9.78. The SMILES string of the molecule is CC(=O)c1c[nH]c(=O)n(C2(C)CCC2)c1=O. The molecule has 5 heteroatoms. The maximum absolute atomic E-state index is 12.0. The minimum atomic E-state index is -0.474. The maximum atomic E-state index is 12.0. The van der Waals surface area contributed by atoms with Crippen LogP contribution in [0.2, 0.25) is 0 Å². The highest BCUT2D eigenvalue weighted by molar-refractivity contribution is 5.93. The highest BCUT2D eigenvalue weighted by Crippen LogP contribution is 2.36. The number of nitrogens with one attached hydrogen (secondary N) is 1. The lowest BCUT2D eigenvalue weighted by Gasteiger charge is -2.39. The monoisotopic (exact) mass is 222 g/mol. The van der Waals surface area contributed by atoms with Gasteiger partial charge in [0.2, 0.25) is 0 Å². The van der Waals surface area contributed by atoms with Gasteiger partial charge in [-0.1, -0.05) is 0 Å². The summed E-state index contributed by atoms with van der Waals surface area (Å²) in [6, 6.07) is 0. The van der Waals surface area contributed by atoms with Crippen molar-refractivity contribution < 1.29 is 4.79 Å². The normalized spacial score (nSPS) is 17.9. The second-order valence-electron chi connectivity index (χ2n) is 4.55. The van der Waals surface area contributed by atoms with Crippen LogP contribution in [0, 0.1) is 0 Å². The number of H-pyrrole nitrogens is 1. The minimum absolute atomic E-state index is 0.0488. The van der Waals surface area contributed by atoms with Crippen LogP contribution >= 0.6 is 0 Å². The molecule has 0 spiro atoms. The topological polar surface area (TPSA) is 71.9 Å². The fourth-order valence-corrected chi connectivity index (χ4v) is 2.13. The van der Waals surface area contributed by atoms with Crippen molar-refractivity contribution in [3.05, 3.63) is 32.6 Å². The average Bonchev–Trinajstić information content (AvgIpc) is 2.14. The fourth-order valence-electron chi connectivity index (χ4n) is 2.13. The molecule has 1 aromatic rings. The summed E-state index contributed by atoms with van der Waals surface area (Å²) in [5, 5.41) is 0. The van der Waals surface area contributed by atoms with E-state index in [-0.39, 0.29) is 11.3 Å². The summed E-state index contributed by atoms with van der Waals surface area (Å²) in [6.07, 6.45) is 3.81. The third kappa shape index (κ3) is 1.43. The lowest BCUT2D eigenvalue weighted by Crippen LogP contribution is -2.52. The molecular weight excluding hydrogens is 208 g/mol. The van der Waals surface area contributed by atoms with Gasteiger partial charge in [0.05, 0.1) is 5.56 Å². The van der Waals surface area contributed by atoms with Crippen LogP contribution in [-0.2, 0) is 5.54 Å². The van der Waals surface area contributed by atoms with Gasteiger partial charge in [-0.3, -0.25) is 14.2 Å². The zero-order chi connectivity index (χ0) is 11.9. The van der Waals surface area contributed by atoms with E-state index in [1.165, 1.54) is 17.7 Å². The van der Waals surface area contributed by atoms with Gasteiger partial charge in [0.1, 0.15) is 0 Å². The standard InChI is InChI=1S/C11H14N2O3/c1-7(14)8-6-12-10(16)13(9(8)15)11(2)4-3-5-11/h6H,3-5H2,1-2H3,(H,12,16). The molecule has 0 radical (unpaired) electrons. The van der Waals surface area contributed by atoms with Crippen LogP contribution in [0.1, 0.15) is 43.5 Å². The van der Waals surface area contributed by atoms with Gasteiger partial charge in [0, 0.05) is 11.7 Å². The Bertz CT molecular complexity index is 549. The Kier molecular flexibility index (Phi) is 2.33. The van der Waals surface area contributed by atoms with Crippen LogP contribution in [0.5, 0.6) is 0 Å². The Morgan fingerprint density at radius 2 is 2.06 bits per heavy atom. The summed E-state index contributed by atoms with van der Waals surface area (Å²) in [5.41, 5.74) is -1.28. The molecule has 0 saturated heterocycles. The number of aromatic amines is 1. The summed E-state index contributed by atoms with van der Waals surface area (Å²) >= 11 is 0. The molecule has 1 aromatic heterocycles. The van der Waals surface area contributed by atoms with Crippen LogP contribution in [0.25, 0.3) is 0 Å². The predicted octanol–water partition coefficient (Wildman–Crippen LogP) is 0.638. The van der Waals surface area contributed by atoms with Crippen molar-refractivity contribution in [1.29, 1.82) is 0 Å². The summed E-state index contributed by atoms with van der Waals surface area (Å²) in [5.74, 6) is -0.321. The van der Waals surface area contributed by atoms with E-state index in [0.29, 0.717) is 0 Å². The van der Waals surface area contributed by atoms with Gasteiger partial charge in [-0.05, 0) is 33.1 Å². The van der Waals surface area contributed by atoms with Crippen LogP contribution in [0.15, 0.2) is 15.8 Å². The Morgan fingerprint density at radius 3 is 2.50 bits per heavy atom. The number of Topliss-reactive ketones (excluding diaryl/α,β-unsaturated/α-hetero) is 1. The molecule has 0 atom stereocenters. The second-order valence-corrected chi connectivity index (χ2v) is 4.55. The zero-order valence-electron chi connectivity index (χ0n) is 9.37. The van der Waals surface area contributed by atoms with Crippen LogP contribution in [0.3, 0.4) is 0 Å². The quantitative estimate of drug-likeness (QED) is 0.746. The first kappa shape index (κ1) is 10.9. The van der Waals surface area contributed by atoms with E-state index in [9.17, 15) is 14.4 Å². The molecule has 5 nitrogen and oxygen atoms in total. The second kappa shape index (κ2) is 3.43. The van der Waals surface area contributed by atoms with E-state index >= 15 is 0 Å². The molecule has 1 saturated carbocycles. The third-order valence-electron chi connectivity index (χ3n) is 3.33. The Balaban J connectivity index is 2.69. The molecular formula is C11H14N2O3. The van der Waals surface area contributed by atoms with E-state index in [2.05, 4.69) is 4.98 Å². The average molecular weight is 222 g/mol. The van der Waals surface area contributed by atoms with Crippen molar-refractivity contribution in [2.75, 3.05) is 0 Å². The zero-order valence-corrected chi connectivity index (χ0v) is 9.37. The van der Waals surface area contributed by atoms with Crippen molar-refractivity contribution in [1.82, 2.24) is 9.55 Å². The van der Waals surface area contributed by atoms with Gasteiger partial charge < -0.3 is 4.98 Å². The number of hydrogen-bond acceptors (Lipinski definition) is 3. The van der Waals surface area contributed by atoms with Crippen molar-refractivity contribution >= 4 is 5.78 Å². The molecule has 1 aliphatic carbocycles. The molecule has 1 aliphatic rings. The van der Waals surface area contributed by atoms with Gasteiger partial charge >= 0.3 is 5.69 Å². The Morgan fingerprint density at radius 1 is 1.44 bits per heavy atom. The lowest BCUT2D eigenvalue weighted by molar-refractivity contribution is 0.101. The largest absolute Gasteiger partial charge is 0.328 e. The van der Waals surface area contributed by atoms with E-state index in [4.69, 9.17) is 0 Å². The first-order valence-electron chi connectivity index (χ1n) is 5.32. The van der Waals surface area contributed by atoms with Gasteiger partial charge in [-0.2, -0.15) is 0 Å². The highest BCUT2D eigenvalue weighted by atomic mass is 16.2. The summed E-state index contributed by atoms with van der Waals surface area (Å²) in [6.45, 7) is 3.19. The minimum Gasteiger partial charge on any atom is -0.313 e. The third-order valence-corrected chi connectivity index (χ3v) is 3.33. The van der Waals surface area contributed by atoms with Gasteiger partial charge in [-0.15, -0.1) is 0 Å². The molecule has 2 rings (SSSR count). The molecule has 1 N–H and O–H groups in total. The van der Waals surface area contributed by atoms with Crippen LogP contribution in [-0.4, -0.2) is 15.3 Å². The molecule has 0 amide bonds. The van der Waals surface area contributed by atoms with Crippen molar-refractivity contribution in [2.24, 2.45) is 0 Å². The molecule has 0 aliphatic heterocycles. The molecule has 0 bridgehead atoms. The molecule has 1 heterocycles. The summed E-state index contributed by atoms with van der Waals surface area (Å²) in [4.78, 5) is 37.3. The number of hydrogen-bond donors (Lipinski definition) is 1. The van der Waals surface area contributed by atoms with E-state index in [1.54, 1.807) is 0 Å².